The average molecular weight is 196 g/mol. The molecule has 0 saturated carbocycles. The van der Waals surface area contributed by atoms with Crippen molar-refractivity contribution in [3.8, 4) is 0 Å². The second kappa shape index (κ2) is 4.52. The molecule has 2 rings (SSSR count). The molecule has 1 aliphatic heterocycles. The fourth-order valence-corrected chi connectivity index (χ4v) is 1.86. The Bertz CT molecular complexity index is 256. The lowest BCUT2D eigenvalue weighted by Crippen LogP contribution is -2.35. The monoisotopic (exact) mass is 196 g/mol. The minimum atomic E-state index is 0.631. The predicted molar refractivity (Wildman–Crippen MR) is 51.7 cm³/mol. The van der Waals surface area contributed by atoms with Crippen molar-refractivity contribution in [2.45, 2.75) is 25.4 Å². The van der Waals surface area contributed by atoms with Crippen LogP contribution >= 0.6 is 0 Å². The fourth-order valence-electron chi connectivity index (χ4n) is 1.86. The molecule has 1 aromatic heterocycles. The molecule has 0 amide bonds. The zero-order chi connectivity index (χ0) is 9.80. The summed E-state index contributed by atoms with van der Waals surface area (Å²) >= 11 is 0. The Morgan fingerprint density at radius 1 is 1.71 bits per heavy atom. The highest BCUT2D eigenvalue weighted by atomic mass is 16.5. The van der Waals surface area contributed by atoms with Gasteiger partial charge in [-0.2, -0.15) is 4.98 Å². The number of aromatic nitrogens is 2. The van der Waals surface area contributed by atoms with Gasteiger partial charge in [0.05, 0.1) is 6.54 Å². The molecule has 1 aromatic rings. The van der Waals surface area contributed by atoms with Gasteiger partial charge in [-0.3, -0.25) is 4.90 Å². The maximum atomic E-state index is 4.68. The number of nitrogens with zero attached hydrogens (tertiary/aromatic N) is 3. The van der Waals surface area contributed by atoms with Gasteiger partial charge in [0, 0.05) is 12.6 Å². The number of nitrogens with one attached hydrogen (secondary N) is 1. The molecule has 1 saturated heterocycles. The molecule has 0 aliphatic carbocycles. The Morgan fingerprint density at radius 3 is 3.29 bits per heavy atom. The van der Waals surface area contributed by atoms with E-state index in [4.69, 9.17) is 0 Å². The van der Waals surface area contributed by atoms with E-state index in [-0.39, 0.29) is 0 Å². The minimum Gasteiger partial charge on any atom is -0.343 e. The summed E-state index contributed by atoms with van der Waals surface area (Å²) in [6, 6.07) is 0.631. The minimum absolute atomic E-state index is 0.631. The lowest BCUT2D eigenvalue weighted by molar-refractivity contribution is 0.281. The molecule has 1 N–H and O–H groups in total. The van der Waals surface area contributed by atoms with Crippen molar-refractivity contribution in [1.82, 2.24) is 20.4 Å². The first kappa shape index (κ1) is 9.61. The summed E-state index contributed by atoms with van der Waals surface area (Å²) in [7, 11) is 2.08. The summed E-state index contributed by atoms with van der Waals surface area (Å²) in [5, 5.41) is 7.24. The predicted octanol–water partition coefficient (Wildman–Crippen LogP) is 0.253. The highest BCUT2D eigenvalue weighted by Gasteiger charge is 2.16. The number of hydrogen-bond donors (Lipinski definition) is 1. The van der Waals surface area contributed by atoms with Crippen LogP contribution in [0.3, 0.4) is 0 Å². The summed E-state index contributed by atoms with van der Waals surface area (Å²) < 4.78 is 4.68. The topological polar surface area (TPSA) is 54.2 Å². The van der Waals surface area contributed by atoms with Crippen LogP contribution in [0, 0.1) is 0 Å². The third-order valence-corrected chi connectivity index (χ3v) is 2.51. The quantitative estimate of drug-likeness (QED) is 0.748. The van der Waals surface area contributed by atoms with E-state index < -0.39 is 0 Å². The van der Waals surface area contributed by atoms with E-state index in [0.717, 1.165) is 25.5 Å². The first-order chi connectivity index (χ1) is 6.84. The summed E-state index contributed by atoms with van der Waals surface area (Å²) in [5.41, 5.74) is 0. The zero-order valence-corrected chi connectivity index (χ0v) is 8.44. The van der Waals surface area contributed by atoms with Gasteiger partial charge < -0.3 is 9.84 Å². The molecule has 14 heavy (non-hydrogen) atoms. The largest absolute Gasteiger partial charge is 0.343 e. The maximum absolute atomic E-state index is 4.68. The molecule has 2 heterocycles. The van der Waals surface area contributed by atoms with E-state index in [1.807, 2.05) is 0 Å². The van der Waals surface area contributed by atoms with E-state index in [1.165, 1.54) is 19.2 Å². The maximum Gasteiger partial charge on any atom is 0.213 e. The van der Waals surface area contributed by atoms with Crippen LogP contribution in [0.4, 0.5) is 0 Å². The molecule has 0 spiro atoms. The van der Waals surface area contributed by atoms with Crippen LogP contribution in [0.2, 0.25) is 0 Å². The highest BCUT2D eigenvalue weighted by Crippen LogP contribution is 2.07. The third kappa shape index (κ3) is 2.52. The van der Waals surface area contributed by atoms with Crippen LogP contribution in [0.15, 0.2) is 10.9 Å². The Hall–Kier alpha value is -0.940. The SMILES string of the molecule is CN(Cc1ncon1)CC1CCCN1. The molecule has 0 radical (unpaired) electrons. The number of rotatable bonds is 4. The Labute approximate surface area is 83.5 Å². The second-order valence-electron chi connectivity index (χ2n) is 3.84. The molecule has 0 bridgehead atoms. The zero-order valence-electron chi connectivity index (χ0n) is 8.44. The van der Waals surface area contributed by atoms with Gasteiger partial charge in [-0.25, -0.2) is 0 Å². The Kier molecular flexibility index (Phi) is 3.10. The van der Waals surface area contributed by atoms with E-state index in [9.17, 15) is 0 Å². The summed E-state index contributed by atoms with van der Waals surface area (Å²) in [4.78, 5) is 6.21. The van der Waals surface area contributed by atoms with Crippen molar-refractivity contribution in [2.24, 2.45) is 0 Å². The van der Waals surface area contributed by atoms with Gasteiger partial charge in [-0.1, -0.05) is 5.16 Å². The van der Waals surface area contributed by atoms with Gasteiger partial charge in [0.15, 0.2) is 5.82 Å². The average Bonchev–Trinajstić information content (AvgIpc) is 2.76. The van der Waals surface area contributed by atoms with Gasteiger partial charge in [0.2, 0.25) is 6.39 Å². The van der Waals surface area contributed by atoms with Crippen molar-refractivity contribution < 1.29 is 4.52 Å². The van der Waals surface area contributed by atoms with E-state index in [2.05, 4.69) is 31.9 Å². The Morgan fingerprint density at radius 2 is 2.64 bits per heavy atom. The molecule has 0 aromatic carbocycles. The van der Waals surface area contributed by atoms with E-state index in [0.29, 0.717) is 6.04 Å². The van der Waals surface area contributed by atoms with Crippen molar-refractivity contribution in [1.29, 1.82) is 0 Å². The van der Waals surface area contributed by atoms with Crippen LogP contribution in [0.5, 0.6) is 0 Å². The molecular formula is C9H16N4O. The lowest BCUT2D eigenvalue weighted by atomic mass is 10.2. The molecule has 5 nitrogen and oxygen atoms in total. The van der Waals surface area contributed by atoms with Crippen LogP contribution in [-0.4, -0.2) is 41.2 Å². The van der Waals surface area contributed by atoms with E-state index in [1.54, 1.807) is 0 Å². The molecule has 78 valence electrons. The molecule has 1 unspecified atom stereocenters. The summed E-state index contributed by atoms with van der Waals surface area (Å²) in [6.07, 6.45) is 3.94. The highest BCUT2D eigenvalue weighted by molar-refractivity contribution is 4.81. The first-order valence-electron chi connectivity index (χ1n) is 5.02. The van der Waals surface area contributed by atoms with E-state index >= 15 is 0 Å². The van der Waals surface area contributed by atoms with Gasteiger partial charge >= 0.3 is 0 Å². The first-order valence-corrected chi connectivity index (χ1v) is 5.02. The lowest BCUT2D eigenvalue weighted by Gasteiger charge is -2.19. The van der Waals surface area contributed by atoms with Gasteiger partial charge in [0.25, 0.3) is 0 Å². The van der Waals surface area contributed by atoms with Crippen molar-refractivity contribution in [2.75, 3.05) is 20.1 Å². The molecular weight excluding hydrogens is 180 g/mol. The van der Waals surface area contributed by atoms with Gasteiger partial charge in [-0.15, -0.1) is 0 Å². The Balaban J connectivity index is 1.75. The van der Waals surface area contributed by atoms with Gasteiger partial charge in [-0.05, 0) is 26.4 Å². The normalized spacial score (nSPS) is 22.0. The number of hydrogen-bond acceptors (Lipinski definition) is 5. The standard InChI is InChI=1S/C9H16N4O/c1-13(5-8-3-2-4-10-8)6-9-11-7-14-12-9/h7-8,10H,2-6H2,1H3. The van der Waals surface area contributed by atoms with Crippen molar-refractivity contribution >= 4 is 0 Å². The number of likely N-dealkylation sites (N-methyl/N-ethyl adjacent to an activating group) is 1. The fraction of sp³-hybridized carbons (Fsp3) is 0.778. The summed E-state index contributed by atoms with van der Waals surface area (Å²) in [5.74, 6) is 0.755. The van der Waals surface area contributed by atoms with Crippen LogP contribution < -0.4 is 5.32 Å². The van der Waals surface area contributed by atoms with Crippen LogP contribution in [-0.2, 0) is 6.54 Å². The van der Waals surface area contributed by atoms with Crippen molar-refractivity contribution in [3.05, 3.63) is 12.2 Å². The van der Waals surface area contributed by atoms with Gasteiger partial charge in [0.1, 0.15) is 0 Å². The second-order valence-corrected chi connectivity index (χ2v) is 3.84. The van der Waals surface area contributed by atoms with Crippen LogP contribution in [0.25, 0.3) is 0 Å². The molecule has 1 atom stereocenters. The van der Waals surface area contributed by atoms with Crippen molar-refractivity contribution in [3.63, 3.8) is 0 Å². The molecule has 1 fully saturated rings. The smallest absolute Gasteiger partial charge is 0.213 e. The third-order valence-electron chi connectivity index (χ3n) is 2.51. The molecule has 1 aliphatic rings. The van der Waals surface area contributed by atoms with Crippen LogP contribution in [0.1, 0.15) is 18.7 Å². The molecule has 5 heteroatoms. The summed E-state index contributed by atoms with van der Waals surface area (Å²) in [6.45, 7) is 2.96.